The largest absolute Gasteiger partial charge is 0.464 e. The van der Waals surface area contributed by atoms with Gasteiger partial charge in [-0.25, -0.2) is 4.79 Å². The molecule has 0 heterocycles. The Hall–Kier alpha value is -4.03. The van der Waals surface area contributed by atoms with Gasteiger partial charge in [0.15, 0.2) is 0 Å². The maximum Gasteiger partial charge on any atom is 0.354 e. The highest BCUT2D eigenvalue weighted by atomic mass is 16.6. The fraction of sp³-hybridized carbons (Fsp3) is 0.811. The molecule has 2 unspecified atom stereocenters. The second-order valence-electron chi connectivity index (χ2n) is 16.4. The zero-order chi connectivity index (χ0) is 46.1. The zero-order valence-electron chi connectivity index (χ0n) is 35.2. The monoisotopic (exact) mass is 858 g/mol. The minimum atomic E-state index is -2.50. The lowest BCUT2D eigenvalue weighted by Gasteiger charge is -2.34. The molecule has 0 bridgehead atoms. The van der Waals surface area contributed by atoms with Gasteiger partial charge in [-0.2, -0.15) is 0 Å². The lowest BCUT2D eigenvalue weighted by Crippen LogP contribution is -2.52. The van der Waals surface area contributed by atoms with Crippen molar-refractivity contribution in [3.8, 4) is 0 Å². The van der Waals surface area contributed by atoms with Crippen LogP contribution in [-0.4, -0.2) is 183 Å². The molecule has 0 radical (unpaired) electrons. The minimum Gasteiger partial charge on any atom is -0.464 e. The number of aliphatic hydroxyl groups is 7. The van der Waals surface area contributed by atoms with E-state index in [2.05, 4.69) is 0 Å². The molecule has 0 aliphatic rings. The third-order valence-corrected chi connectivity index (χ3v) is 9.34. The van der Waals surface area contributed by atoms with E-state index in [-0.39, 0.29) is 13.2 Å². The fourth-order valence-corrected chi connectivity index (χ4v) is 3.74. The normalized spacial score (nSPS) is 14.5. The Morgan fingerprint density at radius 2 is 0.644 bits per heavy atom. The summed E-state index contributed by atoms with van der Waals surface area (Å²) in [6.45, 7) is -1.99. The maximum atomic E-state index is 13.8. The number of aliphatic hydroxyl groups excluding tert-OH is 7. The van der Waals surface area contributed by atoms with Crippen LogP contribution in [0.15, 0.2) is 0 Å². The molecule has 0 amide bonds. The molecule has 0 aromatic heterocycles. The number of carbonyl (C=O) groups excluding carboxylic acids is 7. The summed E-state index contributed by atoms with van der Waals surface area (Å²) in [5.41, 5.74) is -13.8. The molecule has 2 atom stereocenters. The summed E-state index contributed by atoms with van der Waals surface area (Å²) < 4.78 is 41.9. The molecule has 22 nitrogen and oxygen atoms in total. The van der Waals surface area contributed by atoms with Crippen LogP contribution in [0, 0.1) is 32.5 Å². The van der Waals surface area contributed by atoms with Crippen LogP contribution in [0.3, 0.4) is 0 Å². The van der Waals surface area contributed by atoms with Crippen molar-refractivity contribution in [2.45, 2.75) is 61.0 Å². The summed E-state index contributed by atoms with van der Waals surface area (Å²) in [4.78, 5) is 92.2. The molecule has 22 heteroatoms. The first-order valence-corrected chi connectivity index (χ1v) is 18.2. The van der Waals surface area contributed by atoms with Crippen LogP contribution in [0.25, 0.3) is 0 Å². The second kappa shape index (κ2) is 23.1. The molecular formula is C37H62O22. The van der Waals surface area contributed by atoms with Crippen LogP contribution in [-0.2, 0) is 71.5 Å². The second-order valence-corrected chi connectivity index (χ2v) is 16.4. The van der Waals surface area contributed by atoms with Gasteiger partial charge in [-0.15, -0.1) is 0 Å². The van der Waals surface area contributed by atoms with Gasteiger partial charge in [0.05, 0.1) is 58.3 Å². The number of carbonyl (C=O) groups is 7. The molecule has 342 valence electrons. The molecule has 0 rings (SSSR count). The number of methoxy groups -OCH3 is 1. The molecule has 0 spiro atoms. The molecule has 0 saturated heterocycles. The van der Waals surface area contributed by atoms with E-state index in [9.17, 15) is 69.3 Å². The number of rotatable bonds is 28. The Kier molecular flexibility index (Phi) is 21.5. The third-order valence-electron chi connectivity index (χ3n) is 9.34. The highest BCUT2D eigenvalue weighted by Gasteiger charge is 2.49. The molecule has 0 aromatic carbocycles. The summed E-state index contributed by atoms with van der Waals surface area (Å²) >= 11 is 0. The van der Waals surface area contributed by atoms with Gasteiger partial charge >= 0.3 is 41.8 Å². The SMILES string of the molecule is COCCOC(=O)C(C)(COC(=O)C(C)(COC(=O)C(C)(CO)CO)COC(=O)C(C)(CO)CO)COC(=O)C(C)(COC(=O)C(C)(CO)CO)OC(=O)C(C)(C)CO. The van der Waals surface area contributed by atoms with Crippen LogP contribution >= 0.6 is 0 Å². The van der Waals surface area contributed by atoms with Crippen molar-refractivity contribution in [2.75, 3.05) is 99.6 Å². The van der Waals surface area contributed by atoms with Gasteiger partial charge in [0.25, 0.3) is 0 Å². The predicted molar refractivity (Wildman–Crippen MR) is 196 cm³/mol. The molecule has 0 aliphatic carbocycles. The lowest BCUT2D eigenvalue weighted by molar-refractivity contribution is -0.201. The van der Waals surface area contributed by atoms with E-state index in [1.54, 1.807) is 0 Å². The summed E-state index contributed by atoms with van der Waals surface area (Å²) in [5, 5.41) is 67.4. The first-order valence-electron chi connectivity index (χ1n) is 18.2. The average Bonchev–Trinajstić information content (AvgIpc) is 3.23. The van der Waals surface area contributed by atoms with Crippen molar-refractivity contribution in [1.29, 1.82) is 0 Å². The van der Waals surface area contributed by atoms with Gasteiger partial charge < -0.3 is 73.6 Å². The van der Waals surface area contributed by atoms with Crippen molar-refractivity contribution in [3.63, 3.8) is 0 Å². The van der Waals surface area contributed by atoms with Crippen molar-refractivity contribution in [3.05, 3.63) is 0 Å². The Morgan fingerprint density at radius 3 is 0.949 bits per heavy atom. The third kappa shape index (κ3) is 14.9. The lowest BCUT2D eigenvalue weighted by atomic mass is 9.90. The first kappa shape index (κ1) is 55.0. The van der Waals surface area contributed by atoms with Gasteiger partial charge in [0, 0.05) is 7.11 Å². The summed E-state index contributed by atoms with van der Waals surface area (Å²) in [6, 6.07) is 0. The quantitative estimate of drug-likeness (QED) is 0.0237. The van der Waals surface area contributed by atoms with Gasteiger partial charge in [-0.3, -0.25) is 28.8 Å². The average molecular weight is 859 g/mol. The van der Waals surface area contributed by atoms with E-state index >= 15 is 0 Å². The molecule has 0 aromatic rings. The van der Waals surface area contributed by atoms with Gasteiger partial charge in [0.2, 0.25) is 5.60 Å². The molecule has 0 aliphatic heterocycles. The maximum absolute atomic E-state index is 13.8. The number of esters is 7. The fourth-order valence-electron chi connectivity index (χ4n) is 3.74. The zero-order valence-corrected chi connectivity index (χ0v) is 35.2. The minimum absolute atomic E-state index is 0.0992. The van der Waals surface area contributed by atoms with E-state index in [1.165, 1.54) is 21.0 Å². The van der Waals surface area contributed by atoms with Crippen LogP contribution in [0.4, 0.5) is 0 Å². The molecule has 0 saturated carbocycles. The molecule has 0 fully saturated rings. The van der Waals surface area contributed by atoms with Crippen LogP contribution in [0.5, 0.6) is 0 Å². The Bertz CT molecular complexity index is 1400. The van der Waals surface area contributed by atoms with E-state index in [4.69, 9.17) is 37.9 Å². The topological polar surface area (TPSA) is 335 Å². The predicted octanol–water partition coefficient (Wildman–Crippen LogP) is -2.80. The Morgan fingerprint density at radius 1 is 0.356 bits per heavy atom. The summed E-state index contributed by atoms with van der Waals surface area (Å²) in [6.07, 6.45) is 0. The Labute approximate surface area is 341 Å². The van der Waals surface area contributed by atoms with Crippen molar-refractivity contribution in [1.82, 2.24) is 0 Å². The van der Waals surface area contributed by atoms with Gasteiger partial charge in [-0.1, -0.05) is 0 Å². The smallest absolute Gasteiger partial charge is 0.354 e. The molecule has 7 N–H and O–H groups in total. The van der Waals surface area contributed by atoms with E-state index in [0.717, 1.165) is 41.5 Å². The van der Waals surface area contributed by atoms with Crippen LogP contribution in [0.2, 0.25) is 0 Å². The highest BCUT2D eigenvalue weighted by molar-refractivity contribution is 5.87. The van der Waals surface area contributed by atoms with Crippen LogP contribution in [0.1, 0.15) is 55.4 Å². The summed E-state index contributed by atoms with van der Waals surface area (Å²) in [7, 11) is 1.31. The van der Waals surface area contributed by atoms with E-state index in [1.807, 2.05) is 0 Å². The number of hydrogen-bond donors (Lipinski definition) is 7. The summed E-state index contributed by atoms with van der Waals surface area (Å²) in [5.74, 6) is -8.56. The van der Waals surface area contributed by atoms with Crippen molar-refractivity contribution in [2.24, 2.45) is 32.5 Å². The van der Waals surface area contributed by atoms with Gasteiger partial charge in [-0.05, 0) is 55.4 Å². The standard InChI is InChI=1S/C37H62O22/c1-31(2,12-38)24(45)59-37(8,23-58-27(48)34(5,17-43)18-44)30(51)57-22-35(6,28(49)53-11-10-52-9)19-56-29(50)36(7,20-54-25(46)32(3,13-39)14-40)21-55-26(47)33(4,15-41)16-42/h38-44H,10-23H2,1-9H3. The highest BCUT2D eigenvalue weighted by Crippen LogP contribution is 2.30. The molecule has 59 heavy (non-hydrogen) atoms. The van der Waals surface area contributed by atoms with Crippen molar-refractivity contribution >= 4 is 41.8 Å². The van der Waals surface area contributed by atoms with Crippen LogP contribution < -0.4 is 0 Å². The van der Waals surface area contributed by atoms with Gasteiger partial charge in [0.1, 0.15) is 66.7 Å². The van der Waals surface area contributed by atoms with Crippen molar-refractivity contribution < 1.29 is 107 Å². The van der Waals surface area contributed by atoms with E-state index < -0.39 is 159 Å². The number of hydrogen-bond acceptors (Lipinski definition) is 22. The molecular weight excluding hydrogens is 796 g/mol. The van der Waals surface area contributed by atoms with E-state index in [0.29, 0.717) is 0 Å². The number of ether oxygens (including phenoxy) is 8. The first-order chi connectivity index (χ1) is 27.2. The Balaban J connectivity index is 6.78.